The second kappa shape index (κ2) is 7.20. The van der Waals surface area contributed by atoms with Crippen molar-refractivity contribution in [2.75, 3.05) is 13.7 Å². The third-order valence-corrected chi connectivity index (χ3v) is 3.44. The molecule has 0 aliphatic heterocycles. The van der Waals surface area contributed by atoms with Crippen molar-refractivity contribution in [3.8, 4) is 0 Å². The summed E-state index contributed by atoms with van der Waals surface area (Å²) in [4.78, 5) is 16.3. The summed E-state index contributed by atoms with van der Waals surface area (Å²) in [5, 5.41) is 3.50. The van der Waals surface area contributed by atoms with Gasteiger partial charge in [-0.15, -0.1) is 0 Å². The third-order valence-electron chi connectivity index (χ3n) is 3.20. The second-order valence-corrected chi connectivity index (χ2v) is 5.06. The van der Waals surface area contributed by atoms with E-state index in [9.17, 15) is 4.79 Å². The van der Waals surface area contributed by atoms with Crippen molar-refractivity contribution in [2.45, 2.75) is 13.0 Å². The van der Waals surface area contributed by atoms with E-state index in [1.165, 1.54) is 0 Å². The van der Waals surface area contributed by atoms with Crippen molar-refractivity contribution in [1.29, 1.82) is 0 Å². The number of amides is 1. The molecule has 1 amide bonds. The summed E-state index contributed by atoms with van der Waals surface area (Å²) < 4.78 is 5.42. The topological polar surface area (TPSA) is 51.2 Å². The van der Waals surface area contributed by atoms with Gasteiger partial charge in [0.25, 0.3) is 5.91 Å². The van der Waals surface area contributed by atoms with Gasteiger partial charge in [-0.2, -0.15) is 0 Å². The fraction of sp³-hybridized carbons (Fsp3) is 0.250. The molecule has 110 valence electrons. The number of hydrogen-bond acceptors (Lipinski definition) is 3. The highest BCUT2D eigenvalue weighted by atomic mass is 35.5. The van der Waals surface area contributed by atoms with Gasteiger partial charge in [-0.05, 0) is 36.8 Å². The van der Waals surface area contributed by atoms with E-state index in [-0.39, 0.29) is 12.0 Å². The van der Waals surface area contributed by atoms with Gasteiger partial charge in [-0.3, -0.25) is 9.78 Å². The van der Waals surface area contributed by atoms with Crippen LogP contribution < -0.4 is 5.32 Å². The third kappa shape index (κ3) is 4.03. The molecule has 1 aromatic carbocycles. The zero-order valence-corrected chi connectivity index (χ0v) is 12.7. The molecule has 1 heterocycles. The van der Waals surface area contributed by atoms with Gasteiger partial charge in [0.2, 0.25) is 0 Å². The number of aromatic nitrogens is 1. The number of nitrogens with zero attached hydrogens (tertiary/aromatic N) is 1. The number of aryl methyl sites for hydroxylation is 1. The van der Waals surface area contributed by atoms with Crippen molar-refractivity contribution in [2.24, 2.45) is 0 Å². The average molecular weight is 305 g/mol. The highest BCUT2D eigenvalue weighted by Crippen LogP contribution is 2.19. The molecule has 0 fully saturated rings. The van der Waals surface area contributed by atoms with Crippen molar-refractivity contribution in [1.82, 2.24) is 10.3 Å². The molecule has 1 atom stereocenters. The van der Waals surface area contributed by atoms with Crippen LogP contribution in [-0.2, 0) is 4.74 Å². The van der Waals surface area contributed by atoms with E-state index in [2.05, 4.69) is 10.3 Å². The number of benzene rings is 1. The van der Waals surface area contributed by atoms with Crippen molar-refractivity contribution < 1.29 is 9.53 Å². The van der Waals surface area contributed by atoms with Crippen LogP contribution in [0.3, 0.4) is 0 Å². The minimum Gasteiger partial charge on any atom is -0.375 e. The number of halogens is 1. The largest absolute Gasteiger partial charge is 0.375 e. The van der Waals surface area contributed by atoms with Gasteiger partial charge in [0, 0.05) is 30.6 Å². The quantitative estimate of drug-likeness (QED) is 0.923. The number of methoxy groups -OCH3 is 1. The lowest BCUT2D eigenvalue weighted by Crippen LogP contribution is -2.29. The summed E-state index contributed by atoms with van der Waals surface area (Å²) in [6.45, 7) is 2.17. The summed E-state index contributed by atoms with van der Waals surface area (Å²) >= 11 is 5.97. The molecule has 0 saturated carbocycles. The molecule has 2 aromatic rings. The van der Waals surface area contributed by atoms with Gasteiger partial charge >= 0.3 is 0 Å². The number of carbonyl (C=O) groups is 1. The SMILES string of the molecule is CO[C@H](CNC(=O)c1cccnc1C)c1cccc(Cl)c1. The van der Waals surface area contributed by atoms with E-state index in [0.717, 1.165) is 5.56 Å². The van der Waals surface area contributed by atoms with Crippen LogP contribution in [0.4, 0.5) is 0 Å². The Morgan fingerprint density at radius 1 is 1.38 bits per heavy atom. The fourth-order valence-corrected chi connectivity index (χ4v) is 2.25. The molecule has 0 unspecified atom stereocenters. The molecular weight excluding hydrogens is 288 g/mol. The Morgan fingerprint density at radius 3 is 2.86 bits per heavy atom. The van der Waals surface area contributed by atoms with E-state index >= 15 is 0 Å². The fourth-order valence-electron chi connectivity index (χ4n) is 2.05. The van der Waals surface area contributed by atoms with Gasteiger partial charge in [-0.1, -0.05) is 23.7 Å². The second-order valence-electron chi connectivity index (χ2n) is 4.63. The molecule has 0 aliphatic rings. The Morgan fingerprint density at radius 2 is 2.19 bits per heavy atom. The van der Waals surface area contributed by atoms with Crippen LogP contribution in [0.5, 0.6) is 0 Å². The minimum absolute atomic E-state index is 0.162. The standard InChI is InChI=1S/C16H17ClN2O2/c1-11-14(7-4-8-18-11)16(20)19-10-15(21-2)12-5-3-6-13(17)9-12/h3-9,15H,10H2,1-2H3,(H,19,20)/t15-/m1/s1. The molecule has 5 heteroatoms. The van der Waals surface area contributed by atoms with Crippen LogP contribution in [0, 0.1) is 6.92 Å². The monoisotopic (exact) mass is 304 g/mol. The molecule has 0 aliphatic carbocycles. The zero-order valence-electron chi connectivity index (χ0n) is 12.0. The van der Waals surface area contributed by atoms with E-state index in [1.807, 2.05) is 18.2 Å². The van der Waals surface area contributed by atoms with Crippen LogP contribution in [0.25, 0.3) is 0 Å². The summed E-state index contributed by atoms with van der Waals surface area (Å²) in [7, 11) is 1.60. The van der Waals surface area contributed by atoms with Crippen LogP contribution in [0.2, 0.25) is 5.02 Å². The average Bonchev–Trinajstić information content (AvgIpc) is 2.48. The van der Waals surface area contributed by atoms with Gasteiger partial charge < -0.3 is 10.1 Å². The molecule has 0 saturated heterocycles. The first kappa shape index (κ1) is 15.5. The molecule has 4 nitrogen and oxygen atoms in total. The number of carbonyl (C=O) groups excluding carboxylic acids is 1. The molecule has 1 aromatic heterocycles. The Bertz CT molecular complexity index is 631. The maximum Gasteiger partial charge on any atom is 0.253 e. The van der Waals surface area contributed by atoms with Gasteiger partial charge in [0.15, 0.2) is 0 Å². The highest BCUT2D eigenvalue weighted by molar-refractivity contribution is 6.30. The van der Waals surface area contributed by atoms with Gasteiger partial charge in [0.1, 0.15) is 0 Å². The highest BCUT2D eigenvalue weighted by Gasteiger charge is 2.14. The summed E-state index contributed by atoms with van der Waals surface area (Å²) in [5.74, 6) is -0.162. The lowest BCUT2D eigenvalue weighted by atomic mass is 10.1. The Kier molecular flexibility index (Phi) is 5.31. The van der Waals surface area contributed by atoms with Crippen LogP contribution in [0.1, 0.15) is 27.7 Å². The van der Waals surface area contributed by atoms with Crippen LogP contribution >= 0.6 is 11.6 Å². The number of hydrogen-bond donors (Lipinski definition) is 1. The molecule has 0 bridgehead atoms. The van der Waals surface area contributed by atoms with Gasteiger partial charge in [0.05, 0.1) is 11.7 Å². The number of nitrogens with one attached hydrogen (secondary N) is 1. The predicted octanol–water partition coefficient (Wildman–Crippen LogP) is 3.16. The molecule has 1 N–H and O–H groups in total. The lowest BCUT2D eigenvalue weighted by Gasteiger charge is -2.17. The van der Waals surface area contributed by atoms with E-state index in [4.69, 9.17) is 16.3 Å². The Balaban J connectivity index is 2.04. The maximum atomic E-state index is 12.2. The van der Waals surface area contributed by atoms with E-state index < -0.39 is 0 Å². The molecule has 21 heavy (non-hydrogen) atoms. The molecule has 0 radical (unpaired) electrons. The maximum absolute atomic E-state index is 12.2. The smallest absolute Gasteiger partial charge is 0.253 e. The summed E-state index contributed by atoms with van der Waals surface area (Å²) in [6, 6.07) is 10.9. The first-order valence-corrected chi connectivity index (χ1v) is 6.97. The lowest BCUT2D eigenvalue weighted by molar-refractivity contribution is 0.0827. The summed E-state index contributed by atoms with van der Waals surface area (Å²) in [5.41, 5.74) is 2.19. The number of rotatable bonds is 5. The van der Waals surface area contributed by atoms with Gasteiger partial charge in [-0.25, -0.2) is 0 Å². The van der Waals surface area contributed by atoms with E-state index in [1.54, 1.807) is 38.4 Å². The first-order valence-electron chi connectivity index (χ1n) is 6.60. The summed E-state index contributed by atoms with van der Waals surface area (Å²) in [6.07, 6.45) is 1.42. The van der Waals surface area contributed by atoms with Crippen LogP contribution in [-0.4, -0.2) is 24.5 Å². The molecular formula is C16H17ClN2O2. The van der Waals surface area contributed by atoms with Crippen molar-refractivity contribution in [3.05, 3.63) is 64.4 Å². The van der Waals surface area contributed by atoms with Crippen LogP contribution in [0.15, 0.2) is 42.6 Å². The normalized spacial score (nSPS) is 12.0. The van der Waals surface area contributed by atoms with Crippen molar-refractivity contribution in [3.63, 3.8) is 0 Å². The Labute approximate surface area is 129 Å². The number of ether oxygens (including phenoxy) is 1. The van der Waals surface area contributed by atoms with Crippen molar-refractivity contribution >= 4 is 17.5 Å². The predicted molar refractivity (Wildman–Crippen MR) is 82.5 cm³/mol. The molecule has 0 spiro atoms. The minimum atomic E-state index is -0.246. The Hall–Kier alpha value is -1.91. The molecule has 2 rings (SSSR count). The number of pyridine rings is 1. The first-order chi connectivity index (χ1) is 10.1. The van der Waals surface area contributed by atoms with E-state index in [0.29, 0.717) is 22.8 Å². The zero-order chi connectivity index (χ0) is 15.2.